The molecule has 0 aromatic rings. The summed E-state index contributed by atoms with van der Waals surface area (Å²) in [7, 11) is 0. The van der Waals surface area contributed by atoms with Crippen LogP contribution in [0.4, 0.5) is 0 Å². The minimum Gasteiger partial charge on any atom is -0.330 e. The van der Waals surface area contributed by atoms with Gasteiger partial charge in [-0.15, -0.1) is 0 Å². The summed E-state index contributed by atoms with van der Waals surface area (Å²) in [6.45, 7) is 7.75. The molecule has 0 aliphatic heterocycles. The summed E-state index contributed by atoms with van der Waals surface area (Å²) in [5.41, 5.74) is 6.32. The number of nitrogens with two attached hydrogens (primary N) is 1. The standard InChI is InChI=1S/C12H26N2/c1-3-5-11(8-13)9-14-10-12(2)6-4-7-12/h11,14H,3-10,13H2,1-2H3. The Labute approximate surface area is 88.6 Å². The van der Waals surface area contributed by atoms with E-state index in [9.17, 15) is 0 Å². The normalized spacial score (nSPS) is 21.6. The monoisotopic (exact) mass is 198 g/mol. The maximum atomic E-state index is 5.72. The average Bonchev–Trinajstić information content (AvgIpc) is 2.14. The lowest BCUT2D eigenvalue weighted by atomic mass is 9.70. The zero-order valence-electron chi connectivity index (χ0n) is 9.81. The Morgan fingerprint density at radius 2 is 2.14 bits per heavy atom. The second-order valence-electron chi connectivity index (χ2n) is 5.19. The van der Waals surface area contributed by atoms with Crippen molar-refractivity contribution in [1.82, 2.24) is 5.32 Å². The minimum absolute atomic E-state index is 0.603. The first-order valence-electron chi connectivity index (χ1n) is 6.11. The summed E-state index contributed by atoms with van der Waals surface area (Å²) in [5, 5.41) is 3.58. The molecule has 84 valence electrons. The summed E-state index contributed by atoms with van der Waals surface area (Å²) in [6, 6.07) is 0. The zero-order chi connectivity index (χ0) is 10.4. The minimum atomic E-state index is 0.603. The Morgan fingerprint density at radius 1 is 1.43 bits per heavy atom. The van der Waals surface area contributed by atoms with Gasteiger partial charge in [0.25, 0.3) is 0 Å². The molecule has 0 spiro atoms. The van der Waals surface area contributed by atoms with E-state index in [2.05, 4.69) is 19.2 Å². The van der Waals surface area contributed by atoms with Crippen LogP contribution in [0.2, 0.25) is 0 Å². The lowest BCUT2D eigenvalue weighted by molar-refractivity contribution is 0.154. The number of nitrogens with one attached hydrogen (secondary N) is 1. The Hall–Kier alpha value is -0.0800. The molecule has 0 aromatic heterocycles. The first-order valence-corrected chi connectivity index (χ1v) is 6.11. The molecule has 1 aliphatic carbocycles. The highest BCUT2D eigenvalue weighted by Gasteiger charge is 2.30. The molecule has 14 heavy (non-hydrogen) atoms. The van der Waals surface area contributed by atoms with Gasteiger partial charge >= 0.3 is 0 Å². The molecular formula is C12H26N2. The molecule has 0 bridgehead atoms. The van der Waals surface area contributed by atoms with E-state index >= 15 is 0 Å². The Balaban J connectivity index is 2.06. The van der Waals surface area contributed by atoms with E-state index in [0.717, 1.165) is 13.1 Å². The second kappa shape index (κ2) is 5.72. The molecule has 0 heterocycles. The molecule has 1 aliphatic rings. The van der Waals surface area contributed by atoms with Crippen molar-refractivity contribution in [3.8, 4) is 0 Å². The van der Waals surface area contributed by atoms with Gasteiger partial charge in [-0.05, 0) is 43.7 Å². The molecule has 1 rings (SSSR count). The highest BCUT2D eigenvalue weighted by molar-refractivity contribution is 4.85. The Morgan fingerprint density at radius 3 is 2.57 bits per heavy atom. The molecule has 1 atom stereocenters. The molecule has 0 radical (unpaired) electrons. The van der Waals surface area contributed by atoms with Crippen LogP contribution in [0, 0.1) is 11.3 Å². The molecule has 1 fully saturated rings. The zero-order valence-corrected chi connectivity index (χ0v) is 9.81. The average molecular weight is 198 g/mol. The van der Waals surface area contributed by atoms with E-state index in [1.54, 1.807) is 0 Å². The lowest BCUT2D eigenvalue weighted by Gasteiger charge is -2.39. The molecule has 2 heteroatoms. The van der Waals surface area contributed by atoms with Crippen LogP contribution in [0.15, 0.2) is 0 Å². The van der Waals surface area contributed by atoms with Gasteiger partial charge in [0.2, 0.25) is 0 Å². The molecule has 0 amide bonds. The first kappa shape index (κ1) is 12.0. The van der Waals surface area contributed by atoms with E-state index in [-0.39, 0.29) is 0 Å². The quantitative estimate of drug-likeness (QED) is 0.658. The van der Waals surface area contributed by atoms with Crippen molar-refractivity contribution in [3.05, 3.63) is 0 Å². The van der Waals surface area contributed by atoms with Crippen molar-refractivity contribution in [2.45, 2.75) is 46.0 Å². The summed E-state index contributed by atoms with van der Waals surface area (Å²) >= 11 is 0. The van der Waals surface area contributed by atoms with Crippen molar-refractivity contribution in [2.75, 3.05) is 19.6 Å². The summed E-state index contributed by atoms with van der Waals surface area (Å²) in [4.78, 5) is 0. The van der Waals surface area contributed by atoms with E-state index in [1.165, 1.54) is 38.6 Å². The van der Waals surface area contributed by atoms with Gasteiger partial charge < -0.3 is 11.1 Å². The van der Waals surface area contributed by atoms with Crippen LogP contribution in [0.5, 0.6) is 0 Å². The van der Waals surface area contributed by atoms with E-state index < -0.39 is 0 Å². The second-order valence-corrected chi connectivity index (χ2v) is 5.19. The van der Waals surface area contributed by atoms with Gasteiger partial charge in [0, 0.05) is 6.54 Å². The van der Waals surface area contributed by atoms with Crippen LogP contribution >= 0.6 is 0 Å². The number of hydrogen-bond acceptors (Lipinski definition) is 2. The molecule has 1 saturated carbocycles. The van der Waals surface area contributed by atoms with Crippen molar-refractivity contribution < 1.29 is 0 Å². The third kappa shape index (κ3) is 3.58. The van der Waals surface area contributed by atoms with Gasteiger partial charge in [-0.2, -0.15) is 0 Å². The van der Waals surface area contributed by atoms with Crippen LogP contribution in [0.25, 0.3) is 0 Å². The van der Waals surface area contributed by atoms with Crippen LogP contribution < -0.4 is 11.1 Å². The van der Waals surface area contributed by atoms with Gasteiger partial charge in [-0.3, -0.25) is 0 Å². The van der Waals surface area contributed by atoms with Crippen LogP contribution in [-0.2, 0) is 0 Å². The van der Waals surface area contributed by atoms with Crippen LogP contribution in [0.1, 0.15) is 46.0 Å². The predicted octanol–water partition coefficient (Wildman–Crippen LogP) is 2.14. The highest BCUT2D eigenvalue weighted by atomic mass is 14.9. The Bertz CT molecular complexity index is 152. The summed E-state index contributed by atoms with van der Waals surface area (Å²) < 4.78 is 0. The van der Waals surface area contributed by atoms with Gasteiger partial charge in [0.05, 0.1) is 0 Å². The molecule has 0 saturated heterocycles. The smallest absolute Gasteiger partial charge is 0.000528 e. The molecule has 3 N–H and O–H groups in total. The SMILES string of the molecule is CCCC(CN)CNCC1(C)CCC1. The lowest BCUT2D eigenvalue weighted by Crippen LogP contribution is -2.40. The fourth-order valence-electron chi connectivity index (χ4n) is 2.25. The van der Waals surface area contributed by atoms with Gasteiger partial charge in [0.15, 0.2) is 0 Å². The molecule has 2 nitrogen and oxygen atoms in total. The van der Waals surface area contributed by atoms with E-state index in [1.807, 2.05) is 0 Å². The summed E-state index contributed by atoms with van der Waals surface area (Å²) in [6.07, 6.45) is 6.75. The maximum absolute atomic E-state index is 5.72. The van der Waals surface area contributed by atoms with Gasteiger partial charge in [-0.1, -0.05) is 26.7 Å². The Kier molecular flexibility index (Phi) is 4.90. The van der Waals surface area contributed by atoms with Gasteiger partial charge in [-0.25, -0.2) is 0 Å². The summed E-state index contributed by atoms with van der Waals surface area (Å²) in [5.74, 6) is 0.684. The highest BCUT2D eigenvalue weighted by Crippen LogP contribution is 2.39. The largest absolute Gasteiger partial charge is 0.330 e. The third-order valence-corrected chi connectivity index (χ3v) is 3.58. The van der Waals surface area contributed by atoms with E-state index in [0.29, 0.717) is 11.3 Å². The van der Waals surface area contributed by atoms with Crippen molar-refractivity contribution >= 4 is 0 Å². The van der Waals surface area contributed by atoms with Gasteiger partial charge in [0.1, 0.15) is 0 Å². The fraction of sp³-hybridized carbons (Fsp3) is 1.00. The maximum Gasteiger partial charge on any atom is 0.000528 e. The van der Waals surface area contributed by atoms with Crippen LogP contribution in [-0.4, -0.2) is 19.6 Å². The van der Waals surface area contributed by atoms with Crippen LogP contribution in [0.3, 0.4) is 0 Å². The molecule has 1 unspecified atom stereocenters. The van der Waals surface area contributed by atoms with Crippen molar-refractivity contribution in [3.63, 3.8) is 0 Å². The topological polar surface area (TPSA) is 38.0 Å². The molecule has 0 aromatic carbocycles. The number of hydrogen-bond donors (Lipinski definition) is 2. The third-order valence-electron chi connectivity index (χ3n) is 3.58. The molecular weight excluding hydrogens is 172 g/mol. The first-order chi connectivity index (χ1) is 6.70. The van der Waals surface area contributed by atoms with Crippen molar-refractivity contribution in [2.24, 2.45) is 17.1 Å². The van der Waals surface area contributed by atoms with Crippen molar-refractivity contribution in [1.29, 1.82) is 0 Å². The predicted molar refractivity (Wildman–Crippen MR) is 62.3 cm³/mol. The fourth-order valence-corrected chi connectivity index (χ4v) is 2.25. The van der Waals surface area contributed by atoms with E-state index in [4.69, 9.17) is 5.73 Å². The number of rotatable bonds is 7.